The molecule has 0 saturated heterocycles. The van der Waals surface area contributed by atoms with Crippen LogP contribution in [0.2, 0.25) is 0 Å². The minimum Gasteiger partial charge on any atom is -0.367 e. The maximum atomic E-state index is 13.4. The molecular weight excluding hydrogens is 463 g/mol. The highest BCUT2D eigenvalue weighted by atomic mass is 19.4. The summed E-state index contributed by atoms with van der Waals surface area (Å²) in [6, 6.07) is 14.5. The van der Waals surface area contributed by atoms with E-state index in [4.69, 9.17) is 5.26 Å². The van der Waals surface area contributed by atoms with Crippen molar-refractivity contribution in [1.82, 2.24) is 9.78 Å². The molecule has 2 aromatic carbocycles. The van der Waals surface area contributed by atoms with Crippen LogP contribution in [0.1, 0.15) is 38.9 Å². The summed E-state index contributed by atoms with van der Waals surface area (Å²) in [5, 5.41) is 15.9. The monoisotopic (exact) mass is 483 g/mol. The minimum atomic E-state index is -4.40. The lowest BCUT2D eigenvalue weighted by Crippen LogP contribution is -2.47. The molecule has 0 radical (unpaired) electrons. The Hall–Kier alpha value is -4.17. The van der Waals surface area contributed by atoms with Crippen LogP contribution in [0.5, 0.6) is 0 Å². The third kappa shape index (κ3) is 5.33. The maximum Gasteiger partial charge on any atom is 0.411 e. The molecule has 0 aliphatic carbocycles. The van der Waals surface area contributed by atoms with Gasteiger partial charge < -0.3 is 15.0 Å². The van der Waals surface area contributed by atoms with Crippen LogP contribution < -0.4 is 10.2 Å². The van der Waals surface area contributed by atoms with Gasteiger partial charge >= 0.3 is 6.18 Å². The number of carbonyl (C=O) groups excluding carboxylic acids is 2. The van der Waals surface area contributed by atoms with Crippen molar-refractivity contribution in [1.29, 1.82) is 5.26 Å². The third-order valence-corrected chi connectivity index (χ3v) is 5.38. The Kier molecular flexibility index (Phi) is 6.57. The molecule has 1 aromatic heterocycles. The van der Waals surface area contributed by atoms with Gasteiger partial charge in [-0.3, -0.25) is 14.3 Å². The number of aromatic nitrogens is 2. The van der Waals surface area contributed by atoms with Crippen LogP contribution in [0.4, 0.5) is 24.5 Å². The van der Waals surface area contributed by atoms with Crippen molar-refractivity contribution >= 4 is 23.2 Å². The molecular formula is C24H20F3N5O3. The Balaban J connectivity index is 1.53. The number of alkyl halides is 3. The van der Waals surface area contributed by atoms with Crippen molar-refractivity contribution in [3.63, 3.8) is 0 Å². The average Bonchev–Trinajstić information content (AvgIpc) is 3.23. The molecule has 4 rings (SSSR count). The molecule has 1 atom stereocenters. The highest BCUT2D eigenvalue weighted by Crippen LogP contribution is 2.28. The molecule has 1 unspecified atom stereocenters. The Labute approximate surface area is 198 Å². The Bertz CT molecular complexity index is 1290. The molecule has 3 aromatic rings. The lowest BCUT2D eigenvalue weighted by molar-refractivity contribution is -0.176. The number of hydrogen-bond acceptors (Lipinski definition) is 5. The second-order valence-electron chi connectivity index (χ2n) is 8.03. The predicted octanol–water partition coefficient (Wildman–Crippen LogP) is 4.13. The smallest absolute Gasteiger partial charge is 0.367 e. The molecule has 1 aliphatic rings. The van der Waals surface area contributed by atoms with Gasteiger partial charge in [0.15, 0.2) is 0 Å². The quantitative estimate of drug-likeness (QED) is 0.568. The van der Waals surface area contributed by atoms with E-state index in [1.165, 1.54) is 21.8 Å². The molecule has 1 aliphatic heterocycles. The zero-order valence-electron chi connectivity index (χ0n) is 18.5. The molecule has 0 saturated carbocycles. The molecule has 0 bridgehead atoms. The van der Waals surface area contributed by atoms with E-state index in [9.17, 15) is 22.8 Å². The first-order valence-electron chi connectivity index (χ1n) is 10.6. The number of nitriles is 1. The predicted molar refractivity (Wildman–Crippen MR) is 120 cm³/mol. The van der Waals surface area contributed by atoms with Crippen LogP contribution in [0.15, 0.2) is 54.7 Å². The number of carbonyl (C=O) groups is 2. The number of nitrogens with zero attached hydrogens (tertiary/aromatic N) is 4. The van der Waals surface area contributed by atoms with Gasteiger partial charge in [0.1, 0.15) is 12.3 Å². The normalized spacial score (nSPS) is 15.5. The van der Waals surface area contributed by atoms with E-state index >= 15 is 0 Å². The van der Waals surface area contributed by atoms with E-state index in [-0.39, 0.29) is 23.9 Å². The number of anilines is 2. The van der Waals surface area contributed by atoms with Crippen LogP contribution in [0.3, 0.4) is 0 Å². The van der Waals surface area contributed by atoms with Gasteiger partial charge in [-0.15, -0.1) is 0 Å². The van der Waals surface area contributed by atoms with E-state index in [2.05, 4.69) is 15.2 Å². The van der Waals surface area contributed by atoms with Gasteiger partial charge in [-0.1, -0.05) is 18.2 Å². The molecule has 0 spiro atoms. The van der Waals surface area contributed by atoms with E-state index < -0.39 is 24.6 Å². The van der Waals surface area contributed by atoms with Gasteiger partial charge in [0, 0.05) is 11.4 Å². The molecule has 35 heavy (non-hydrogen) atoms. The summed E-state index contributed by atoms with van der Waals surface area (Å²) in [6.07, 6.45) is -3.07. The second kappa shape index (κ2) is 9.60. The fourth-order valence-corrected chi connectivity index (χ4v) is 3.84. The van der Waals surface area contributed by atoms with E-state index in [0.29, 0.717) is 29.0 Å². The lowest BCUT2D eigenvalue weighted by atomic mass is 10.1. The van der Waals surface area contributed by atoms with Crippen LogP contribution in [0, 0.1) is 11.3 Å². The van der Waals surface area contributed by atoms with E-state index in [1.807, 2.05) is 13.0 Å². The highest BCUT2D eigenvalue weighted by molar-refractivity contribution is 6.15. The van der Waals surface area contributed by atoms with Crippen LogP contribution in [-0.4, -0.2) is 40.4 Å². The Morgan fingerprint density at radius 1 is 1.26 bits per heavy atom. The molecule has 180 valence electrons. The van der Waals surface area contributed by atoms with Crippen molar-refractivity contribution < 1.29 is 27.5 Å². The Morgan fingerprint density at radius 2 is 2.00 bits per heavy atom. The van der Waals surface area contributed by atoms with Gasteiger partial charge in [0.2, 0.25) is 0 Å². The van der Waals surface area contributed by atoms with Crippen molar-refractivity contribution in [2.24, 2.45) is 0 Å². The van der Waals surface area contributed by atoms with Gasteiger partial charge in [-0.2, -0.15) is 23.5 Å². The molecule has 8 nitrogen and oxygen atoms in total. The van der Waals surface area contributed by atoms with Gasteiger partial charge in [-0.05, 0) is 42.8 Å². The summed E-state index contributed by atoms with van der Waals surface area (Å²) in [5.41, 5.74) is 2.05. The molecule has 0 fully saturated rings. The average molecular weight is 483 g/mol. The summed E-state index contributed by atoms with van der Waals surface area (Å²) < 4.78 is 43.0. The standard InChI is InChI=1S/C24H20F3N5O3/c1-15-12-31-21(20(11-29-31)22(33)30-18-4-2-3-17(9-18)10-28)23(34)32(15)19-7-5-16(6-8-19)13-35-14-24(25,26)27/h2-9,11,15H,12-14H2,1H3,(H,30,33). The van der Waals surface area contributed by atoms with Crippen LogP contribution in [-0.2, 0) is 17.9 Å². The first-order chi connectivity index (χ1) is 16.7. The van der Waals surface area contributed by atoms with Gasteiger partial charge in [0.05, 0.1) is 42.6 Å². The number of benzene rings is 2. The Morgan fingerprint density at radius 3 is 2.69 bits per heavy atom. The fourth-order valence-electron chi connectivity index (χ4n) is 3.84. The molecule has 1 N–H and O–H groups in total. The summed E-state index contributed by atoms with van der Waals surface area (Å²) >= 11 is 0. The first-order valence-corrected chi connectivity index (χ1v) is 10.6. The number of hydrogen-bond donors (Lipinski definition) is 1. The third-order valence-electron chi connectivity index (χ3n) is 5.38. The van der Waals surface area contributed by atoms with E-state index in [1.54, 1.807) is 42.5 Å². The molecule has 2 heterocycles. The van der Waals surface area contributed by atoms with Crippen LogP contribution in [0.25, 0.3) is 0 Å². The van der Waals surface area contributed by atoms with Gasteiger partial charge in [0.25, 0.3) is 11.8 Å². The minimum absolute atomic E-state index is 0.0893. The summed E-state index contributed by atoms with van der Waals surface area (Å²) in [4.78, 5) is 27.9. The summed E-state index contributed by atoms with van der Waals surface area (Å²) in [6.45, 7) is 0.615. The number of ether oxygens (including phenoxy) is 1. The molecule has 2 amide bonds. The largest absolute Gasteiger partial charge is 0.411 e. The number of nitrogens with one attached hydrogen (secondary N) is 1. The zero-order chi connectivity index (χ0) is 25.2. The van der Waals surface area contributed by atoms with Gasteiger partial charge in [-0.25, -0.2) is 0 Å². The van der Waals surface area contributed by atoms with Crippen molar-refractivity contribution in [3.05, 3.63) is 77.1 Å². The second-order valence-corrected chi connectivity index (χ2v) is 8.03. The highest BCUT2D eigenvalue weighted by Gasteiger charge is 2.36. The number of halogens is 3. The fraction of sp³-hybridized carbons (Fsp3) is 0.250. The number of fused-ring (bicyclic) bond motifs is 1. The topological polar surface area (TPSA) is 100 Å². The van der Waals surface area contributed by atoms with Crippen molar-refractivity contribution in [3.8, 4) is 6.07 Å². The maximum absolute atomic E-state index is 13.4. The number of rotatable bonds is 6. The SMILES string of the molecule is CC1Cn2ncc(C(=O)Nc3cccc(C#N)c3)c2C(=O)N1c1ccc(COCC(F)(F)F)cc1. The zero-order valence-corrected chi connectivity index (χ0v) is 18.5. The van der Waals surface area contributed by atoms with E-state index in [0.717, 1.165) is 0 Å². The lowest BCUT2D eigenvalue weighted by Gasteiger charge is -2.34. The van der Waals surface area contributed by atoms with Crippen LogP contribution >= 0.6 is 0 Å². The summed E-state index contributed by atoms with van der Waals surface area (Å²) in [5.74, 6) is -0.973. The van der Waals surface area contributed by atoms with Crippen molar-refractivity contribution in [2.45, 2.75) is 32.3 Å². The summed E-state index contributed by atoms with van der Waals surface area (Å²) in [7, 11) is 0. The number of amides is 2. The van der Waals surface area contributed by atoms with Crippen molar-refractivity contribution in [2.75, 3.05) is 16.8 Å². The molecule has 11 heteroatoms. The first kappa shape index (κ1) is 24.0.